The Labute approximate surface area is 66.0 Å². The number of nitrogens with one attached hydrogen (secondary N) is 1. The van der Waals surface area contributed by atoms with Crippen molar-refractivity contribution in [2.45, 2.75) is 19.1 Å². The van der Waals surface area contributed by atoms with Crippen LogP contribution in [0.25, 0.3) is 0 Å². The number of carbonyl (C=O) groups is 1. The minimum Gasteiger partial charge on any atom is -0.369 e. The maximum Gasteiger partial charge on any atom is 0.232 e. The summed E-state index contributed by atoms with van der Waals surface area (Å²) in [6, 6.07) is 0. The smallest absolute Gasteiger partial charge is 0.232 e. The predicted molar refractivity (Wildman–Crippen MR) is 41.3 cm³/mol. The normalized spacial score (nSPS) is 11.9. The second kappa shape index (κ2) is 3.68. The van der Waals surface area contributed by atoms with Crippen LogP contribution in [0.5, 0.6) is 0 Å². The van der Waals surface area contributed by atoms with Crippen LogP contribution in [0.4, 0.5) is 0 Å². The summed E-state index contributed by atoms with van der Waals surface area (Å²) in [5.74, 6) is -0.686. The number of rotatable bonds is 4. The van der Waals surface area contributed by atoms with Crippen LogP contribution in [0.15, 0.2) is 0 Å². The van der Waals surface area contributed by atoms with Gasteiger partial charge in [0.05, 0.1) is 11.8 Å². The highest BCUT2D eigenvalue weighted by atomic mass is 32.2. The third-order valence-electron chi connectivity index (χ3n) is 1.07. The van der Waals surface area contributed by atoms with Crippen molar-refractivity contribution in [1.29, 1.82) is 0 Å². The molecule has 11 heavy (non-hydrogen) atoms. The van der Waals surface area contributed by atoms with Crippen molar-refractivity contribution in [3.05, 3.63) is 0 Å². The molecule has 0 aromatic rings. The fourth-order valence-corrected chi connectivity index (χ4v) is 1.02. The Morgan fingerprint density at radius 1 is 1.55 bits per heavy atom. The van der Waals surface area contributed by atoms with Crippen molar-refractivity contribution in [3.63, 3.8) is 0 Å². The molecule has 1 amide bonds. The summed E-state index contributed by atoms with van der Waals surface area (Å²) in [5, 5.41) is -0.540. The van der Waals surface area contributed by atoms with E-state index in [0.29, 0.717) is 0 Å². The number of primary amides is 1. The van der Waals surface area contributed by atoms with Crippen molar-refractivity contribution in [2.24, 2.45) is 5.73 Å². The Hall–Kier alpha value is -0.620. The highest BCUT2D eigenvalue weighted by Gasteiger charge is 2.15. The van der Waals surface area contributed by atoms with Gasteiger partial charge in [-0.25, -0.2) is 13.1 Å². The van der Waals surface area contributed by atoms with Gasteiger partial charge in [0, 0.05) is 0 Å². The lowest BCUT2D eigenvalue weighted by Crippen LogP contribution is -2.37. The average molecular weight is 180 g/mol. The van der Waals surface area contributed by atoms with E-state index < -0.39 is 21.2 Å². The number of nitrogens with two attached hydrogens (primary N) is 1. The molecule has 3 N–H and O–H groups in total. The first-order valence-corrected chi connectivity index (χ1v) is 4.67. The van der Waals surface area contributed by atoms with E-state index in [4.69, 9.17) is 5.73 Å². The van der Waals surface area contributed by atoms with Gasteiger partial charge in [-0.1, -0.05) is 0 Å². The fourth-order valence-electron chi connectivity index (χ4n) is 0.338. The van der Waals surface area contributed by atoms with E-state index >= 15 is 0 Å². The molecule has 0 unspecified atom stereocenters. The fraction of sp³-hybridized carbons (Fsp3) is 0.800. The second-order valence-corrected chi connectivity index (χ2v) is 4.70. The lowest BCUT2D eigenvalue weighted by molar-refractivity contribution is -0.116. The highest BCUT2D eigenvalue weighted by Crippen LogP contribution is 1.93. The van der Waals surface area contributed by atoms with E-state index in [9.17, 15) is 13.2 Å². The number of sulfonamides is 1. The molecule has 0 aliphatic heterocycles. The molecule has 0 bridgehead atoms. The summed E-state index contributed by atoms with van der Waals surface area (Å²) in [4.78, 5) is 10.2. The van der Waals surface area contributed by atoms with Gasteiger partial charge in [-0.2, -0.15) is 0 Å². The predicted octanol–water partition coefficient (Wildman–Crippen LogP) is -1.20. The molecule has 5 nitrogen and oxygen atoms in total. The van der Waals surface area contributed by atoms with E-state index in [2.05, 4.69) is 4.72 Å². The number of amides is 1. The zero-order valence-corrected chi connectivity index (χ0v) is 7.31. The molecule has 0 heterocycles. The Bertz CT molecular complexity index is 232. The molecule has 0 spiro atoms. The molecule has 0 saturated heterocycles. The molecule has 0 aliphatic rings. The van der Waals surface area contributed by atoms with Gasteiger partial charge in [0.1, 0.15) is 0 Å². The van der Waals surface area contributed by atoms with Crippen molar-refractivity contribution >= 4 is 15.9 Å². The first-order chi connectivity index (χ1) is 4.86. The zero-order chi connectivity index (χ0) is 9.07. The summed E-state index contributed by atoms with van der Waals surface area (Å²) in [6.45, 7) is 2.70. The third-order valence-corrected chi connectivity index (χ3v) is 2.86. The molecule has 0 aromatic carbocycles. The molecule has 66 valence electrons. The van der Waals surface area contributed by atoms with E-state index in [1.54, 1.807) is 0 Å². The van der Waals surface area contributed by atoms with Gasteiger partial charge in [-0.3, -0.25) is 4.79 Å². The molecule has 0 radical (unpaired) electrons. The Morgan fingerprint density at radius 3 is 2.27 bits per heavy atom. The van der Waals surface area contributed by atoms with Crippen molar-refractivity contribution in [1.82, 2.24) is 4.72 Å². The van der Waals surface area contributed by atoms with Gasteiger partial charge >= 0.3 is 0 Å². The molecule has 0 atom stereocenters. The summed E-state index contributed by atoms with van der Waals surface area (Å²) < 4.78 is 23.9. The SMILES string of the molecule is CC(C)S(=O)(=O)NCC(N)=O. The molecule has 0 fully saturated rings. The first kappa shape index (κ1) is 10.4. The van der Waals surface area contributed by atoms with Gasteiger partial charge in [0.2, 0.25) is 15.9 Å². The molecule has 0 rings (SSSR count). The topological polar surface area (TPSA) is 89.3 Å². The Morgan fingerprint density at radius 2 is 2.00 bits per heavy atom. The Kier molecular flexibility index (Phi) is 3.47. The lowest BCUT2D eigenvalue weighted by Gasteiger charge is -2.06. The first-order valence-electron chi connectivity index (χ1n) is 3.13. The maximum absolute atomic E-state index is 10.9. The largest absolute Gasteiger partial charge is 0.369 e. The van der Waals surface area contributed by atoms with Crippen molar-refractivity contribution in [3.8, 4) is 0 Å². The monoisotopic (exact) mass is 180 g/mol. The van der Waals surface area contributed by atoms with Crippen LogP contribution in [0.1, 0.15) is 13.8 Å². The molecule has 0 saturated carbocycles. The van der Waals surface area contributed by atoms with E-state index in [0.717, 1.165) is 0 Å². The lowest BCUT2D eigenvalue weighted by atomic mass is 10.6. The van der Waals surface area contributed by atoms with Crippen LogP contribution in [0.3, 0.4) is 0 Å². The van der Waals surface area contributed by atoms with Crippen LogP contribution in [0, 0.1) is 0 Å². The van der Waals surface area contributed by atoms with Gasteiger partial charge in [0.15, 0.2) is 0 Å². The quantitative estimate of drug-likeness (QED) is 0.569. The molecule has 0 aromatic heterocycles. The van der Waals surface area contributed by atoms with Gasteiger partial charge in [-0.05, 0) is 13.8 Å². The molecular weight excluding hydrogens is 168 g/mol. The summed E-state index contributed by atoms with van der Waals surface area (Å²) in [6.07, 6.45) is 0. The number of carbonyl (C=O) groups excluding carboxylic acids is 1. The third kappa shape index (κ3) is 3.94. The standard InChI is InChI=1S/C5H12N2O3S/c1-4(2)11(9,10)7-3-5(6)8/h4,7H,3H2,1-2H3,(H2,6,8). The highest BCUT2D eigenvalue weighted by molar-refractivity contribution is 7.90. The summed E-state index contributed by atoms with van der Waals surface area (Å²) >= 11 is 0. The van der Waals surface area contributed by atoms with E-state index in [-0.39, 0.29) is 6.54 Å². The number of hydrogen-bond acceptors (Lipinski definition) is 3. The number of hydrogen-bond donors (Lipinski definition) is 2. The minimum atomic E-state index is -3.34. The van der Waals surface area contributed by atoms with Crippen molar-refractivity contribution < 1.29 is 13.2 Å². The molecular formula is C5H12N2O3S. The molecule has 6 heteroatoms. The van der Waals surface area contributed by atoms with Crippen LogP contribution in [-0.4, -0.2) is 26.1 Å². The van der Waals surface area contributed by atoms with E-state index in [1.165, 1.54) is 13.8 Å². The summed E-state index contributed by atoms with van der Waals surface area (Å²) in [7, 11) is -3.34. The van der Waals surface area contributed by atoms with Gasteiger partial charge < -0.3 is 5.73 Å². The average Bonchev–Trinajstić information content (AvgIpc) is 1.84. The summed E-state index contributed by atoms with van der Waals surface area (Å²) in [5.41, 5.74) is 4.73. The van der Waals surface area contributed by atoms with Crippen LogP contribution in [-0.2, 0) is 14.8 Å². The van der Waals surface area contributed by atoms with Crippen LogP contribution in [0.2, 0.25) is 0 Å². The Balaban J connectivity index is 4.05. The van der Waals surface area contributed by atoms with Crippen LogP contribution >= 0.6 is 0 Å². The zero-order valence-electron chi connectivity index (χ0n) is 6.49. The minimum absolute atomic E-state index is 0.333. The molecule has 0 aliphatic carbocycles. The van der Waals surface area contributed by atoms with Gasteiger partial charge in [-0.15, -0.1) is 0 Å². The van der Waals surface area contributed by atoms with Gasteiger partial charge in [0.25, 0.3) is 0 Å². The van der Waals surface area contributed by atoms with Crippen LogP contribution < -0.4 is 10.5 Å². The van der Waals surface area contributed by atoms with Crippen molar-refractivity contribution in [2.75, 3.05) is 6.54 Å². The maximum atomic E-state index is 10.9. The second-order valence-electron chi connectivity index (χ2n) is 2.38. The van der Waals surface area contributed by atoms with E-state index in [1.807, 2.05) is 0 Å².